The third-order valence-corrected chi connectivity index (χ3v) is 3.99. The molecule has 0 aromatic heterocycles. The van der Waals surface area contributed by atoms with Crippen molar-refractivity contribution in [3.05, 3.63) is 84.4 Å². The van der Waals surface area contributed by atoms with Crippen molar-refractivity contribution in [2.75, 3.05) is 0 Å². The van der Waals surface area contributed by atoms with Gasteiger partial charge in [-0.1, -0.05) is 78.9 Å². The highest BCUT2D eigenvalue weighted by atomic mass is 31.0. The van der Waals surface area contributed by atoms with Gasteiger partial charge in [-0.25, -0.2) is 0 Å². The minimum Gasteiger partial charge on any atom is -0.133 e. The van der Waals surface area contributed by atoms with E-state index in [9.17, 15) is 0 Å². The second kappa shape index (κ2) is 6.03. The van der Waals surface area contributed by atoms with E-state index in [4.69, 9.17) is 0 Å². The van der Waals surface area contributed by atoms with Gasteiger partial charge in [-0.05, 0) is 34.0 Å². The molecule has 0 aliphatic carbocycles. The van der Waals surface area contributed by atoms with Gasteiger partial charge in [0.15, 0.2) is 0 Å². The molecule has 0 saturated carbocycles. The lowest BCUT2D eigenvalue weighted by Crippen LogP contribution is -1.81. The molecule has 0 spiro atoms. The van der Waals surface area contributed by atoms with Gasteiger partial charge in [0.1, 0.15) is 0 Å². The first kappa shape index (κ1) is 13.1. The van der Waals surface area contributed by atoms with Gasteiger partial charge in [-0.2, -0.15) is 0 Å². The molecule has 0 fully saturated rings. The summed E-state index contributed by atoms with van der Waals surface area (Å²) in [5.74, 6) is 0. The Hall–Kier alpha value is -1.91. The van der Waals surface area contributed by atoms with Crippen LogP contribution in [0.3, 0.4) is 0 Å². The third-order valence-electron chi connectivity index (χ3n) is 3.51. The average Bonchev–Trinajstić information content (AvgIpc) is 2.56. The molecule has 1 atom stereocenters. The Balaban J connectivity index is 1.89. The predicted octanol–water partition coefficient (Wildman–Crippen LogP) is 5.40. The molecule has 1 unspecified atom stereocenters. The Morgan fingerprint density at radius 2 is 0.900 bits per heavy atom. The molecule has 0 aliphatic heterocycles. The van der Waals surface area contributed by atoms with E-state index >= 15 is 0 Å². The Morgan fingerprint density at radius 1 is 0.500 bits per heavy atom. The summed E-state index contributed by atoms with van der Waals surface area (Å²) in [5.41, 5.74) is 6.40. The van der Waals surface area contributed by atoms with Gasteiger partial charge in [0, 0.05) is 0 Å². The van der Waals surface area contributed by atoms with Crippen LogP contribution in [0.1, 0.15) is 5.56 Å². The highest BCUT2D eigenvalue weighted by Gasteiger charge is 2.00. The molecule has 3 aromatic rings. The molecule has 3 aromatic carbocycles. The topological polar surface area (TPSA) is 0 Å². The van der Waals surface area contributed by atoms with Crippen LogP contribution in [0.4, 0.5) is 0 Å². The highest BCUT2D eigenvalue weighted by molar-refractivity contribution is 7.15. The third kappa shape index (κ3) is 2.81. The maximum Gasteiger partial charge on any atom is -0.0128 e. The quantitative estimate of drug-likeness (QED) is 0.562. The van der Waals surface area contributed by atoms with E-state index in [1.807, 2.05) is 6.07 Å². The van der Waals surface area contributed by atoms with Crippen LogP contribution < -0.4 is 0 Å². The van der Waals surface area contributed by atoms with Crippen LogP contribution in [-0.4, -0.2) is 0 Å². The Morgan fingerprint density at radius 3 is 1.35 bits per heavy atom. The van der Waals surface area contributed by atoms with Crippen LogP contribution in [-0.2, 0) is 6.16 Å². The molecule has 3 rings (SSSR count). The summed E-state index contributed by atoms with van der Waals surface area (Å²) in [4.78, 5) is 0. The molecule has 20 heavy (non-hydrogen) atoms. The second-order valence-corrected chi connectivity index (χ2v) is 5.25. The molecule has 98 valence electrons. The first-order valence-corrected chi connectivity index (χ1v) is 7.63. The molecular weight excluding hydrogens is 259 g/mol. The van der Waals surface area contributed by atoms with Crippen LogP contribution in [0.2, 0.25) is 0 Å². The Kier molecular flexibility index (Phi) is 3.95. The van der Waals surface area contributed by atoms with Crippen LogP contribution in [0, 0.1) is 0 Å². The standard InChI is InChI=1S/C19H17P/c20-14-15-6-8-17(9-7-15)19-12-10-18(11-13-19)16-4-2-1-3-5-16/h1-13H,14,20H2. The highest BCUT2D eigenvalue weighted by Crippen LogP contribution is 2.25. The molecule has 0 saturated heterocycles. The zero-order valence-electron chi connectivity index (χ0n) is 11.3. The summed E-state index contributed by atoms with van der Waals surface area (Å²) < 4.78 is 0. The van der Waals surface area contributed by atoms with Crippen molar-refractivity contribution < 1.29 is 0 Å². The van der Waals surface area contributed by atoms with E-state index in [0.29, 0.717) is 0 Å². The Labute approximate surface area is 122 Å². The molecule has 0 nitrogen and oxygen atoms in total. The maximum atomic E-state index is 2.76. The molecule has 1 heteroatoms. The van der Waals surface area contributed by atoms with Crippen LogP contribution in [0.25, 0.3) is 22.3 Å². The lowest BCUT2D eigenvalue weighted by molar-refractivity contribution is 1.42. The molecule has 0 bridgehead atoms. The summed E-state index contributed by atoms with van der Waals surface area (Å²) >= 11 is 0. The average molecular weight is 276 g/mol. The minimum atomic E-state index is 1.01. The number of rotatable bonds is 3. The molecule has 0 N–H and O–H groups in total. The van der Waals surface area contributed by atoms with Crippen molar-refractivity contribution in [2.24, 2.45) is 0 Å². The van der Waals surface area contributed by atoms with E-state index in [2.05, 4.69) is 82.0 Å². The number of hydrogen-bond acceptors (Lipinski definition) is 0. The van der Waals surface area contributed by atoms with Crippen LogP contribution >= 0.6 is 9.24 Å². The molecule has 0 radical (unpaired) electrons. The lowest BCUT2D eigenvalue weighted by Gasteiger charge is -2.06. The van der Waals surface area contributed by atoms with E-state index in [1.165, 1.54) is 27.8 Å². The largest absolute Gasteiger partial charge is 0.133 e. The van der Waals surface area contributed by atoms with Crippen molar-refractivity contribution >= 4 is 9.24 Å². The zero-order valence-corrected chi connectivity index (χ0v) is 12.4. The molecule has 0 amide bonds. The zero-order chi connectivity index (χ0) is 13.8. The van der Waals surface area contributed by atoms with Gasteiger partial charge in [0.2, 0.25) is 0 Å². The smallest absolute Gasteiger partial charge is 0.0128 e. The summed E-state index contributed by atoms with van der Waals surface area (Å²) in [6, 6.07) is 28.0. The predicted molar refractivity (Wildman–Crippen MR) is 90.7 cm³/mol. The summed E-state index contributed by atoms with van der Waals surface area (Å²) in [6.07, 6.45) is 1.01. The monoisotopic (exact) mass is 276 g/mol. The fourth-order valence-electron chi connectivity index (χ4n) is 2.32. The van der Waals surface area contributed by atoms with Gasteiger partial charge < -0.3 is 0 Å². The van der Waals surface area contributed by atoms with E-state index in [1.54, 1.807) is 0 Å². The SMILES string of the molecule is PCc1ccc(-c2ccc(-c3ccccc3)cc2)cc1. The molecule has 0 heterocycles. The van der Waals surface area contributed by atoms with Crippen molar-refractivity contribution in [1.29, 1.82) is 0 Å². The van der Waals surface area contributed by atoms with Crippen molar-refractivity contribution in [2.45, 2.75) is 6.16 Å². The minimum absolute atomic E-state index is 1.01. The normalized spacial score (nSPS) is 10.4. The number of benzene rings is 3. The fraction of sp³-hybridized carbons (Fsp3) is 0.0526. The van der Waals surface area contributed by atoms with Gasteiger partial charge >= 0.3 is 0 Å². The van der Waals surface area contributed by atoms with Gasteiger partial charge in [0.25, 0.3) is 0 Å². The van der Waals surface area contributed by atoms with Crippen LogP contribution in [0.15, 0.2) is 78.9 Å². The van der Waals surface area contributed by atoms with E-state index in [0.717, 1.165) is 6.16 Å². The second-order valence-electron chi connectivity index (χ2n) is 4.84. The Bertz CT molecular complexity index is 667. The first-order valence-electron chi connectivity index (χ1n) is 6.82. The van der Waals surface area contributed by atoms with E-state index < -0.39 is 0 Å². The van der Waals surface area contributed by atoms with Crippen LogP contribution in [0.5, 0.6) is 0 Å². The van der Waals surface area contributed by atoms with Crippen molar-refractivity contribution in [1.82, 2.24) is 0 Å². The summed E-state index contributed by atoms with van der Waals surface area (Å²) in [7, 11) is 2.76. The molecular formula is C19H17P. The van der Waals surface area contributed by atoms with Crippen molar-refractivity contribution in [3.63, 3.8) is 0 Å². The summed E-state index contributed by atoms with van der Waals surface area (Å²) in [6.45, 7) is 0. The molecule has 0 aliphatic rings. The van der Waals surface area contributed by atoms with Gasteiger partial charge in [-0.15, -0.1) is 9.24 Å². The number of hydrogen-bond donors (Lipinski definition) is 0. The maximum absolute atomic E-state index is 2.76. The van der Waals surface area contributed by atoms with Gasteiger partial charge in [-0.3, -0.25) is 0 Å². The first-order chi connectivity index (χ1) is 9.86. The lowest BCUT2D eigenvalue weighted by atomic mass is 10.00. The van der Waals surface area contributed by atoms with Crippen molar-refractivity contribution in [3.8, 4) is 22.3 Å². The summed E-state index contributed by atoms with van der Waals surface area (Å²) in [5, 5.41) is 0. The van der Waals surface area contributed by atoms with E-state index in [-0.39, 0.29) is 0 Å². The fourth-order valence-corrected chi connectivity index (χ4v) is 2.59. The van der Waals surface area contributed by atoms with Gasteiger partial charge in [0.05, 0.1) is 0 Å².